The van der Waals surface area contributed by atoms with Gasteiger partial charge in [0.25, 0.3) is 0 Å². The zero-order valence-corrected chi connectivity index (χ0v) is 40.3. The standard InChI is InChI=1S/C57H94O5/c1-4-7-10-13-16-19-22-24-26-28-29-30-31-33-36-38-41-44-47-50-56(58)61-54-55(62-57(59)51-48-45-42-39-35-21-18-15-12-9-6-3)53-60-52-49-46-43-40-37-34-32-27-25-23-20-17-14-11-8-5-2/h7-8,10-11,16-17,19-20,24-27,29-30,33,36,41,44,55H,4-6,9,12-15,18,21-23,28,31-32,34-35,37-40,42-43,45-54H2,1-3H3/b10-7-,11-8-,19-16-,20-17-,26-24-,27-25-,30-29-,36-33-,44-41-. The lowest BCUT2D eigenvalue weighted by molar-refractivity contribution is -0.162. The molecule has 0 aromatic heterocycles. The molecular formula is C57H94O5. The molecule has 1 atom stereocenters. The average Bonchev–Trinajstić information content (AvgIpc) is 3.27. The van der Waals surface area contributed by atoms with Crippen molar-refractivity contribution in [1.29, 1.82) is 0 Å². The molecule has 0 aliphatic rings. The van der Waals surface area contributed by atoms with Crippen LogP contribution in [-0.2, 0) is 23.8 Å². The highest BCUT2D eigenvalue weighted by atomic mass is 16.6. The molecule has 1 unspecified atom stereocenters. The number of unbranched alkanes of at least 4 members (excludes halogenated alkanes) is 16. The first-order valence-electron chi connectivity index (χ1n) is 25.4. The van der Waals surface area contributed by atoms with Gasteiger partial charge in [-0.15, -0.1) is 0 Å². The Morgan fingerprint density at radius 2 is 0.758 bits per heavy atom. The third-order valence-electron chi connectivity index (χ3n) is 10.3. The molecule has 0 aromatic carbocycles. The molecule has 62 heavy (non-hydrogen) atoms. The summed E-state index contributed by atoms with van der Waals surface area (Å²) in [6.07, 6.45) is 71.1. The van der Waals surface area contributed by atoms with Gasteiger partial charge in [0.15, 0.2) is 6.10 Å². The topological polar surface area (TPSA) is 61.8 Å². The zero-order valence-electron chi connectivity index (χ0n) is 40.3. The molecule has 0 saturated heterocycles. The van der Waals surface area contributed by atoms with Gasteiger partial charge in [-0.05, 0) is 89.9 Å². The van der Waals surface area contributed by atoms with E-state index in [4.69, 9.17) is 14.2 Å². The molecule has 0 N–H and O–H groups in total. The van der Waals surface area contributed by atoms with Gasteiger partial charge in [0.1, 0.15) is 6.61 Å². The smallest absolute Gasteiger partial charge is 0.306 e. The van der Waals surface area contributed by atoms with Crippen molar-refractivity contribution in [2.24, 2.45) is 0 Å². The summed E-state index contributed by atoms with van der Waals surface area (Å²) < 4.78 is 17.3. The highest BCUT2D eigenvalue weighted by molar-refractivity contribution is 5.70. The van der Waals surface area contributed by atoms with Crippen LogP contribution in [0.15, 0.2) is 109 Å². The highest BCUT2D eigenvalue weighted by Gasteiger charge is 2.17. The normalized spacial score (nSPS) is 13.1. The summed E-state index contributed by atoms with van der Waals surface area (Å²) in [5.74, 6) is -0.506. The average molecular weight is 859 g/mol. The number of hydrogen-bond acceptors (Lipinski definition) is 5. The number of carbonyl (C=O) groups is 2. The Morgan fingerprint density at radius 1 is 0.371 bits per heavy atom. The summed E-state index contributed by atoms with van der Waals surface area (Å²) in [5, 5.41) is 0. The SMILES string of the molecule is CC/C=C\C/C=C\C/C=C\C/C=C\C/C=C\C/C=C\CCC(=O)OCC(COCCCCCCCC/C=C\C/C=C\C/C=C\CC)OC(=O)CCCCCCCCCCCCC. The van der Waals surface area contributed by atoms with Gasteiger partial charge in [-0.3, -0.25) is 9.59 Å². The van der Waals surface area contributed by atoms with E-state index < -0.39 is 6.10 Å². The minimum Gasteiger partial charge on any atom is -0.462 e. The molecule has 5 nitrogen and oxygen atoms in total. The lowest BCUT2D eigenvalue weighted by atomic mass is 10.1. The van der Waals surface area contributed by atoms with E-state index in [1.54, 1.807) is 0 Å². The van der Waals surface area contributed by atoms with Gasteiger partial charge in [0, 0.05) is 19.4 Å². The second-order valence-corrected chi connectivity index (χ2v) is 16.3. The molecule has 0 saturated carbocycles. The summed E-state index contributed by atoms with van der Waals surface area (Å²) in [4.78, 5) is 25.3. The summed E-state index contributed by atoms with van der Waals surface area (Å²) >= 11 is 0. The molecule has 0 aliphatic carbocycles. The van der Waals surface area contributed by atoms with Gasteiger partial charge < -0.3 is 14.2 Å². The largest absolute Gasteiger partial charge is 0.462 e. The van der Waals surface area contributed by atoms with E-state index in [0.717, 1.165) is 96.3 Å². The van der Waals surface area contributed by atoms with E-state index in [1.165, 1.54) is 77.0 Å². The van der Waals surface area contributed by atoms with Crippen LogP contribution >= 0.6 is 0 Å². The lowest BCUT2D eigenvalue weighted by Crippen LogP contribution is -2.30. The molecule has 0 rings (SSSR count). The summed E-state index contributed by atoms with van der Waals surface area (Å²) in [7, 11) is 0. The van der Waals surface area contributed by atoms with Gasteiger partial charge >= 0.3 is 11.9 Å². The summed E-state index contributed by atoms with van der Waals surface area (Å²) in [6.45, 7) is 7.48. The van der Waals surface area contributed by atoms with Crippen molar-refractivity contribution >= 4 is 11.9 Å². The van der Waals surface area contributed by atoms with Gasteiger partial charge in [0.2, 0.25) is 0 Å². The Labute approximate surface area is 383 Å². The monoisotopic (exact) mass is 859 g/mol. The van der Waals surface area contributed by atoms with Crippen molar-refractivity contribution in [3.05, 3.63) is 109 Å². The Morgan fingerprint density at radius 3 is 1.23 bits per heavy atom. The molecule has 0 aliphatic heterocycles. The van der Waals surface area contributed by atoms with Crippen molar-refractivity contribution in [2.75, 3.05) is 19.8 Å². The van der Waals surface area contributed by atoms with Gasteiger partial charge in [-0.2, -0.15) is 0 Å². The van der Waals surface area contributed by atoms with Crippen molar-refractivity contribution in [1.82, 2.24) is 0 Å². The van der Waals surface area contributed by atoms with E-state index >= 15 is 0 Å². The molecule has 5 heteroatoms. The van der Waals surface area contributed by atoms with E-state index in [-0.39, 0.29) is 25.2 Å². The molecule has 0 aromatic rings. The van der Waals surface area contributed by atoms with Crippen LogP contribution in [0, 0.1) is 0 Å². The van der Waals surface area contributed by atoms with Crippen molar-refractivity contribution in [3.8, 4) is 0 Å². The summed E-state index contributed by atoms with van der Waals surface area (Å²) in [6, 6.07) is 0. The van der Waals surface area contributed by atoms with E-state index in [1.807, 2.05) is 6.08 Å². The fourth-order valence-electron chi connectivity index (χ4n) is 6.61. The molecular weight excluding hydrogens is 765 g/mol. The number of hydrogen-bond donors (Lipinski definition) is 0. The van der Waals surface area contributed by atoms with Crippen molar-refractivity contribution in [3.63, 3.8) is 0 Å². The summed E-state index contributed by atoms with van der Waals surface area (Å²) in [5.41, 5.74) is 0. The third kappa shape index (κ3) is 49.2. The maximum atomic E-state index is 12.8. The molecule has 352 valence electrons. The molecule has 0 heterocycles. The van der Waals surface area contributed by atoms with Crippen LogP contribution in [-0.4, -0.2) is 37.9 Å². The Balaban J connectivity index is 4.39. The minimum atomic E-state index is -0.577. The van der Waals surface area contributed by atoms with Crippen LogP contribution in [0.2, 0.25) is 0 Å². The number of ether oxygens (including phenoxy) is 3. The number of allylic oxidation sites excluding steroid dienone is 18. The van der Waals surface area contributed by atoms with Gasteiger partial charge in [-0.1, -0.05) is 220 Å². The molecule has 0 fully saturated rings. The van der Waals surface area contributed by atoms with E-state index in [9.17, 15) is 9.59 Å². The first-order valence-corrected chi connectivity index (χ1v) is 25.4. The van der Waals surface area contributed by atoms with Gasteiger partial charge in [-0.25, -0.2) is 0 Å². The van der Waals surface area contributed by atoms with Gasteiger partial charge in [0.05, 0.1) is 6.61 Å². The fourth-order valence-corrected chi connectivity index (χ4v) is 6.61. The minimum absolute atomic E-state index is 0.0353. The Hall–Kier alpha value is -3.44. The number of carbonyl (C=O) groups excluding carboxylic acids is 2. The molecule has 0 amide bonds. The van der Waals surface area contributed by atoms with Crippen LogP contribution in [0.1, 0.15) is 213 Å². The van der Waals surface area contributed by atoms with E-state index in [2.05, 4.69) is 124 Å². The van der Waals surface area contributed by atoms with E-state index in [0.29, 0.717) is 25.9 Å². The first kappa shape index (κ1) is 58.6. The number of esters is 2. The molecule has 0 spiro atoms. The second kappa shape index (κ2) is 51.9. The molecule has 0 bridgehead atoms. The second-order valence-electron chi connectivity index (χ2n) is 16.3. The van der Waals surface area contributed by atoms with Crippen molar-refractivity contribution < 1.29 is 23.8 Å². The zero-order chi connectivity index (χ0) is 44.9. The Kier molecular flexibility index (Phi) is 49.0. The maximum absolute atomic E-state index is 12.8. The van der Waals surface area contributed by atoms with Crippen LogP contribution in [0.3, 0.4) is 0 Å². The van der Waals surface area contributed by atoms with Crippen LogP contribution in [0.25, 0.3) is 0 Å². The highest BCUT2D eigenvalue weighted by Crippen LogP contribution is 2.13. The predicted molar refractivity (Wildman–Crippen MR) is 269 cm³/mol. The fraction of sp³-hybridized carbons (Fsp3) is 0.649. The predicted octanol–water partition coefficient (Wildman–Crippen LogP) is 17.2. The maximum Gasteiger partial charge on any atom is 0.306 e. The van der Waals surface area contributed by atoms with Crippen LogP contribution in [0.5, 0.6) is 0 Å². The van der Waals surface area contributed by atoms with Crippen molar-refractivity contribution in [2.45, 2.75) is 219 Å². The Bertz CT molecular complexity index is 1250. The van der Waals surface area contributed by atoms with Crippen LogP contribution in [0.4, 0.5) is 0 Å². The van der Waals surface area contributed by atoms with Crippen LogP contribution < -0.4 is 0 Å². The quantitative estimate of drug-likeness (QED) is 0.0347. The first-order chi connectivity index (χ1) is 30.6. The number of rotatable bonds is 45. The third-order valence-corrected chi connectivity index (χ3v) is 10.3. The lowest BCUT2D eigenvalue weighted by Gasteiger charge is -2.18. The molecule has 0 radical (unpaired) electrons.